The number of piperidine rings is 1. The Morgan fingerprint density at radius 2 is 2.18 bits per heavy atom. The third-order valence-electron chi connectivity index (χ3n) is 3.09. The summed E-state index contributed by atoms with van der Waals surface area (Å²) in [5.41, 5.74) is 5.56. The molecule has 96 valence electrons. The van der Waals surface area contributed by atoms with Gasteiger partial charge >= 0.3 is 0 Å². The van der Waals surface area contributed by atoms with E-state index >= 15 is 0 Å². The molecule has 1 atom stereocenters. The lowest BCUT2D eigenvalue weighted by atomic mass is 10.1. The highest BCUT2D eigenvalue weighted by atomic mass is 16.5. The predicted molar refractivity (Wildman–Crippen MR) is 63.9 cm³/mol. The van der Waals surface area contributed by atoms with Crippen LogP contribution in [0.2, 0.25) is 0 Å². The van der Waals surface area contributed by atoms with E-state index in [2.05, 4.69) is 15.0 Å². The summed E-state index contributed by atoms with van der Waals surface area (Å²) in [7, 11) is 1.64. The minimum absolute atomic E-state index is 0.0512. The van der Waals surface area contributed by atoms with Gasteiger partial charge < -0.3 is 19.9 Å². The first-order chi connectivity index (χ1) is 8.33. The number of aromatic nitrogens is 2. The minimum Gasteiger partial charge on any atom is -0.380 e. The molecule has 1 aliphatic heterocycles. The molecule has 2 rings (SSSR count). The third kappa shape index (κ3) is 3.17. The molecule has 1 saturated heterocycles. The first kappa shape index (κ1) is 12.3. The Labute approximate surface area is 101 Å². The lowest BCUT2D eigenvalue weighted by Gasteiger charge is -2.24. The van der Waals surface area contributed by atoms with Crippen LogP contribution in [0.1, 0.15) is 25.2 Å². The fourth-order valence-electron chi connectivity index (χ4n) is 2.01. The number of ether oxygens (including phenoxy) is 1. The van der Waals surface area contributed by atoms with Crippen molar-refractivity contribution in [2.24, 2.45) is 5.73 Å². The van der Waals surface area contributed by atoms with Crippen LogP contribution in [0.15, 0.2) is 4.52 Å². The zero-order chi connectivity index (χ0) is 12.1. The molecule has 0 amide bonds. The van der Waals surface area contributed by atoms with Crippen LogP contribution in [0.5, 0.6) is 0 Å². The maximum absolute atomic E-state index is 5.56. The van der Waals surface area contributed by atoms with Crippen molar-refractivity contribution in [3.05, 3.63) is 5.89 Å². The standard InChI is InChI=1S/C11H20N4O2/c1-16-9(8-12)7-10-13-11(14-17-10)15-5-3-2-4-6-15/h9H,2-8,12H2,1H3. The fourth-order valence-corrected chi connectivity index (χ4v) is 2.01. The average molecular weight is 240 g/mol. The number of rotatable bonds is 5. The van der Waals surface area contributed by atoms with E-state index in [9.17, 15) is 0 Å². The molecule has 1 aromatic heterocycles. The Morgan fingerprint density at radius 1 is 1.41 bits per heavy atom. The molecule has 6 nitrogen and oxygen atoms in total. The summed E-state index contributed by atoms with van der Waals surface area (Å²) in [6.45, 7) is 2.49. The molecule has 6 heteroatoms. The van der Waals surface area contributed by atoms with Crippen molar-refractivity contribution < 1.29 is 9.26 Å². The minimum atomic E-state index is -0.0512. The predicted octanol–water partition coefficient (Wildman–Crippen LogP) is 0.576. The molecule has 0 bridgehead atoms. The molecule has 17 heavy (non-hydrogen) atoms. The van der Waals surface area contributed by atoms with Crippen LogP contribution in [0.3, 0.4) is 0 Å². The van der Waals surface area contributed by atoms with Crippen molar-refractivity contribution >= 4 is 5.95 Å². The van der Waals surface area contributed by atoms with E-state index in [0.717, 1.165) is 13.1 Å². The van der Waals surface area contributed by atoms with E-state index in [0.29, 0.717) is 24.8 Å². The van der Waals surface area contributed by atoms with Crippen molar-refractivity contribution in [2.45, 2.75) is 31.8 Å². The Kier molecular flexibility index (Phi) is 4.33. The second kappa shape index (κ2) is 5.97. The summed E-state index contributed by atoms with van der Waals surface area (Å²) in [6, 6.07) is 0. The molecule has 0 spiro atoms. The maximum atomic E-state index is 5.56. The Hall–Kier alpha value is -1.14. The number of hydrogen-bond donors (Lipinski definition) is 1. The van der Waals surface area contributed by atoms with Crippen molar-refractivity contribution in [3.63, 3.8) is 0 Å². The summed E-state index contributed by atoms with van der Waals surface area (Å²) in [5.74, 6) is 1.30. The van der Waals surface area contributed by atoms with Gasteiger partial charge in [-0.15, -0.1) is 0 Å². The Bertz CT molecular complexity index is 332. The Morgan fingerprint density at radius 3 is 2.82 bits per heavy atom. The molecule has 1 unspecified atom stereocenters. The van der Waals surface area contributed by atoms with E-state index in [1.165, 1.54) is 19.3 Å². The highest BCUT2D eigenvalue weighted by molar-refractivity contribution is 5.28. The van der Waals surface area contributed by atoms with Crippen LogP contribution in [0.25, 0.3) is 0 Å². The summed E-state index contributed by atoms with van der Waals surface area (Å²) in [5, 5.41) is 4.00. The van der Waals surface area contributed by atoms with Gasteiger partial charge in [0.2, 0.25) is 5.89 Å². The largest absolute Gasteiger partial charge is 0.380 e. The van der Waals surface area contributed by atoms with Gasteiger partial charge in [0.15, 0.2) is 0 Å². The topological polar surface area (TPSA) is 77.4 Å². The normalized spacial score (nSPS) is 18.4. The van der Waals surface area contributed by atoms with Gasteiger partial charge in [0.05, 0.1) is 12.5 Å². The van der Waals surface area contributed by atoms with Crippen molar-refractivity contribution in [1.29, 1.82) is 0 Å². The summed E-state index contributed by atoms with van der Waals surface area (Å²) in [4.78, 5) is 6.55. The van der Waals surface area contributed by atoms with Crippen molar-refractivity contribution in [3.8, 4) is 0 Å². The quantitative estimate of drug-likeness (QED) is 0.811. The van der Waals surface area contributed by atoms with E-state index in [-0.39, 0.29) is 6.10 Å². The van der Waals surface area contributed by atoms with Gasteiger partial charge in [-0.2, -0.15) is 4.98 Å². The number of nitrogens with two attached hydrogens (primary N) is 1. The first-order valence-corrected chi connectivity index (χ1v) is 6.14. The van der Waals surface area contributed by atoms with Crippen molar-refractivity contribution in [2.75, 3.05) is 31.6 Å². The third-order valence-corrected chi connectivity index (χ3v) is 3.09. The highest BCUT2D eigenvalue weighted by Crippen LogP contribution is 2.16. The maximum Gasteiger partial charge on any atom is 0.266 e. The smallest absolute Gasteiger partial charge is 0.266 e. The van der Waals surface area contributed by atoms with E-state index < -0.39 is 0 Å². The molecule has 0 aliphatic carbocycles. The molecule has 0 radical (unpaired) electrons. The molecule has 1 aliphatic rings. The van der Waals surface area contributed by atoms with Crippen LogP contribution in [-0.2, 0) is 11.2 Å². The van der Waals surface area contributed by atoms with Gasteiger partial charge in [0.25, 0.3) is 5.95 Å². The van der Waals surface area contributed by atoms with Gasteiger partial charge in [-0.25, -0.2) is 0 Å². The molecule has 0 saturated carbocycles. The van der Waals surface area contributed by atoms with Crippen LogP contribution >= 0.6 is 0 Å². The molecule has 1 fully saturated rings. The number of nitrogens with zero attached hydrogens (tertiary/aromatic N) is 3. The zero-order valence-corrected chi connectivity index (χ0v) is 10.3. The average Bonchev–Trinajstić information content (AvgIpc) is 2.85. The van der Waals surface area contributed by atoms with E-state index in [1.54, 1.807) is 7.11 Å². The molecule has 0 aromatic carbocycles. The SMILES string of the molecule is COC(CN)Cc1nc(N2CCCCC2)no1. The van der Waals surface area contributed by atoms with Crippen LogP contribution in [0.4, 0.5) is 5.95 Å². The summed E-state index contributed by atoms with van der Waals surface area (Å²) in [6.07, 6.45) is 4.22. The molecule has 1 aromatic rings. The fraction of sp³-hybridized carbons (Fsp3) is 0.818. The summed E-state index contributed by atoms with van der Waals surface area (Å²) < 4.78 is 10.4. The van der Waals surface area contributed by atoms with E-state index in [1.807, 2.05) is 0 Å². The molecular formula is C11H20N4O2. The van der Waals surface area contributed by atoms with Gasteiger partial charge in [-0.05, 0) is 24.4 Å². The van der Waals surface area contributed by atoms with Gasteiger partial charge in [0.1, 0.15) is 0 Å². The lowest BCUT2D eigenvalue weighted by Crippen LogP contribution is -2.30. The summed E-state index contributed by atoms with van der Waals surface area (Å²) >= 11 is 0. The lowest BCUT2D eigenvalue weighted by molar-refractivity contribution is 0.102. The molecule has 2 N–H and O–H groups in total. The molecule has 2 heterocycles. The van der Waals surface area contributed by atoms with E-state index in [4.69, 9.17) is 15.0 Å². The van der Waals surface area contributed by atoms with Gasteiger partial charge in [0, 0.05) is 26.7 Å². The Balaban J connectivity index is 1.94. The van der Waals surface area contributed by atoms with Crippen LogP contribution in [-0.4, -0.2) is 43.0 Å². The zero-order valence-electron chi connectivity index (χ0n) is 10.3. The van der Waals surface area contributed by atoms with Crippen LogP contribution < -0.4 is 10.6 Å². The highest BCUT2D eigenvalue weighted by Gasteiger charge is 2.18. The number of hydrogen-bond acceptors (Lipinski definition) is 6. The number of anilines is 1. The monoisotopic (exact) mass is 240 g/mol. The van der Waals surface area contributed by atoms with Crippen molar-refractivity contribution in [1.82, 2.24) is 10.1 Å². The molecular weight excluding hydrogens is 220 g/mol. The first-order valence-electron chi connectivity index (χ1n) is 6.14. The van der Waals surface area contributed by atoms with Gasteiger partial charge in [-0.1, -0.05) is 0 Å². The van der Waals surface area contributed by atoms with Crippen LogP contribution in [0, 0.1) is 0 Å². The van der Waals surface area contributed by atoms with Gasteiger partial charge in [-0.3, -0.25) is 0 Å². The second-order valence-electron chi connectivity index (χ2n) is 4.33. The second-order valence-corrected chi connectivity index (χ2v) is 4.33. The number of methoxy groups -OCH3 is 1.